The van der Waals surface area contributed by atoms with Gasteiger partial charge in [-0.1, -0.05) is 0 Å². The zero-order chi connectivity index (χ0) is 22.0. The summed E-state index contributed by atoms with van der Waals surface area (Å²) in [7, 11) is 0. The molecule has 4 saturated carbocycles. The fourth-order valence-electron chi connectivity index (χ4n) is 6.54. The molecule has 32 heavy (non-hydrogen) atoms. The molecular formula is C24H27N5O3. The summed E-state index contributed by atoms with van der Waals surface area (Å²) >= 11 is 0. The monoisotopic (exact) mass is 433 g/mol. The molecule has 8 nitrogen and oxygen atoms in total. The molecule has 1 amide bonds. The van der Waals surface area contributed by atoms with Crippen LogP contribution in [0.1, 0.15) is 49.8 Å². The van der Waals surface area contributed by atoms with Crippen LogP contribution in [0.4, 0.5) is 5.82 Å². The number of carbonyl (C=O) groups is 1. The van der Waals surface area contributed by atoms with E-state index >= 15 is 0 Å². The van der Waals surface area contributed by atoms with Crippen molar-refractivity contribution in [2.24, 2.45) is 23.2 Å². The molecule has 0 aliphatic heterocycles. The second kappa shape index (κ2) is 6.92. The number of nitrogens with one attached hydrogen (secondary N) is 2. The van der Waals surface area contributed by atoms with Crippen LogP contribution in [0.2, 0.25) is 0 Å². The van der Waals surface area contributed by atoms with Crippen molar-refractivity contribution in [2.45, 2.75) is 52.4 Å². The van der Waals surface area contributed by atoms with Crippen LogP contribution in [0, 0.1) is 37.0 Å². The number of hydrogen-bond acceptors (Lipinski definition) is 5. The lowest BCUT2D eigenvalue weighted by atomic mass is 9.49. The van der Waals surface area contributed by atoms with Gasteiger partial charge >= 0.3 is 0 Å². The summed E-state index contributed by atoms with van der Waals surface area (Å²) in [5, 5.41) is 7.77. The van der Waals surface area contributed by atoms with Crippen LogP contribution >= 0.6 is 0 Å². The molecule has 7 rings (SSSR count). The van der Waals surface area contributed by atoms with E-state index < -0.39 is 0 Å². The number of nitrogens with zero attached hydrogens (tertiary/aromatic N) is 3. The van der Waals surface area contributed by atoms with Crippen molar-refractivity contribution >= 4 is 11.7 Å². The topological polar surface area (TPSA) is 106 Å². The van der Waals surface area contributed by atoms with Crippen molar-refractivity contribution in [3.05, 3.63) is 46.1 Å². The van der Waals surface area contributed by atoms with E-state index in [0.29, 0.717) is 46.3 Å². The summed E-state index contributed by atoms with van der Waals surface area (Å²) < 4.78 is 7.02. The molecule has 166 valence electrons. The minimum Gasteiger partial charge on any atom is -0.463 e. The summed E-state index contributed by atoms with van der Waals surface area (Å²) in [5.41, 5.74) is 1.24. The van der Waals surface area contributed by atoms with Crippen molar-refractivity contribution in [1.29, 1.82) is 0 Å². The Morgan fingerprint density at radius 3 is 2.47 bits per heavy atom. The third-order valence-electron chi connectivity index (χ3n) is 7.83. The Morgan fingerprint density at radius 2 is 1.88 bits per heavy atom. The predicted octanol–water partition coefficient (Wildman–Crippen LogP) is 3.99. The highest BCUT2D eigenvalue weighted by Crippen LogP contribution is 2.60. The molecule has 0 radical (unpaired) electrons. The fourth-order valence-corrected chi connectivity index (χ4v) is 6.54. The van der Waals surface area contributed by atoms with Gasteiger partial charge in [0.05, 0.1) is 11.7 Å². The van der Waals surface area contributed by atoms with Crippen LogP contribution < -0.4 is 10.9 Å². The zero-order valence-electron chi connectivity index (χ0n) is 18.4. The Labute approximate surface area is 185 Å². The van der Waals surface area contributed by atoms with E-state index in [4.69, 9.17) is 4.42 Å². The van der Waals surface area contributed by atoms with E-state index in [9.17, 15) is 9.59 Å². The van der Waals surface area contributed by atoms with Gasteiger partial charge in [0, 0.05) is 17.3 Å². The van der Waals surface area contributed by atoms with E-state index in [1.54, 1.807) is 32.2 Å². The maximum Gasteiger partial charge on any atom is 0.255 e. The van der Waals surface area contributed by atoms with E-state index in [1.807, 2.05) is 6.07 Å². The molecule has 4 aliphatic rings. The first-order valence-corrected chi connectivity index (χ1v) is 11.4. The van der Waals surface area contributed by atoms with Crippen LogP contribution in [-0.2, 0) is 4.79 Å². The summed E-state index contributed by atoms with van der Waals surface area (Å²) in [6.07, 6.45) is 8.34. The molecule has 8 heteroatoms. The van der Waals surface area contributed by atoms with Crippen molar-refractivity contribution < 1.29 is 9.21 Å². The Hall–Kier alpha value is -3.16. The largest absolute Gasteiger partial charge is 0.463 e. The number of carbonyl (C=O) groups excluding carboxylic acids is 1. The van der Waals surface area contributed by atoms with Gasteiger partial charge in [0.15, 0.2) is 5.76 Å². The van der Waals surface area contributed by atoms with E-state index in [-0.39, 0.29) is 22.8 Å². The number of hydrogen-bond donors (Lipinski definition) is 2. The lowest BCUT2D eigenvalue weighted by Gasteiger charge is -2.55. The standard InChI is InChI=1S/C24H27N5O3/c1-13-14(2)25-23(27-21(13)30)29-20(9-18(28-29)19-4-3-5-32-19)26-22(31)24-10-15-6-16(11-24)8-17(7-15)12-24/h3-5,9,15-17H,6-8,10-12H2,1-2H3,(H,26,31)(H,25,27,30). The van der Waals surface area contributed by atoms with Gasteiger partial charge in [0.25, 0.3) is 5.56 Å². The van der Waals surface area contributed by atoms with Crippen LogP contribution in [0.15, 0.2) is 33.7 Å². The van der Waals surface area contributed by atoms with Gasteiger partial charge in [-0.2, -0.15) is 9.78 Å². The second-order valence-electron chi connectivity index (χ2n) is 10.1. The summed E-state index contributed by atoms with van der Waals surface area (Å²) in [4.78, 5) is 33.4. The van der Waals surface area contributed by atoms with Crippen molar-refractivity contribution in [3.8, 4) is 17.4 Å². The van der Waals surface area contributed by atoms with Crippen LogP contribution in [0.25, 0.3) is 17.4 Å². The highest BCUT2D eigenvalue weighted by molar-refractivity contribution is 5.95. The number of H-pyrrole nitrogens is 1. The summed E-state index contributed by atoms with van der Waals surface area (Å²) in [5.74, 6) is 3.44. The predicted molar refractivity (Wildman–Crippen MR) is 118 cm³/mol. The quantitative estimate of drug-likeness (QED) is 0.647. The fraction of sp³-hybridized carbons (Fsp3) is 0.500. The second-order valence-corrected chi connectivity index (χ2v) is 10.1. The molecule has 0 aromatic carbocycles. The summed E-state index contributed by atoms with van der Waals surface area (Å²) in [6, 6.07) is 5.39. The first-order chi connectivity index (χ1) is 15.4. The molecule has 0 atom stereocenters. The van der Waals surface area contributed by atoms with E-state index in [2.05, 4.69) is 20.4 Å². The van der Waals surface area contributed by atoms with Gasteiger partial charge < -0.3 is 9.73 Å². The van der Waals surface area contributed by atoms with Gasteiger partial charge in [-0.05, 0) is 82.3 Å². The number of amides is 1. The molecule has 4 aliphatic carbocycles. The first-order valence-electron chi connectivity index (χ1n) is 11.4. The summed E-state index contributed by atoms with van der Waals surface area (Å²) in [6.45, 7) is 3.52. The molecule has 4 fully saturated rings. The minimum absolute atomic E-state index is 0.0647. The number of aromatic amines is 1. The molecule has 0 unspecified atom stereocenters. The molecule has 2 N–H and O–H groups in total. The Kier molecular flexibility index (Phi) is 4.22. The van der Waals surface area contributed by atoms with Crippen molar-refractivity contribution in [3.63, 3.8) is 0 Å². The molecule has 0 saturated heterocycles. The van der Waals surface area contributed by atoms with Crippen molar-refractivity contribution in [1.82, 2.24) is 19.7 Å². The van der Waals surface area contributed by atoms with Crippen molar-refractivity contribution in [2.75, 3.05) is 5.32 Å². The first kappa shape index (κ1) is 19.5. The van der Waals surface area contributed by atoms with Gasteiger partial charge in [-0.15, -0.1) is 0 Å². The average Bonchev–Trinajstić information content (AvgIpc) is 3.40. The SMILES string of the molecule is Cc1nc(-n2nc(-c3ccco3)cc2NC(=O)C23CC4CC(CC(C4)C2)C3)[nH]c(=O)c1C. The van der Waals surface area contributed by atoms with E-state index in [0.717, 1.165) is 19.3 Å². The maximum absolute atomic E-state index is 13.7. The van der Waals surface area contributed by atoms with Crippen LogP contribution in [-0.4, -0.2) is 25.7 Å². The number of rotatable bonds is 4. The third kappa shape index (κ3) is 3.04. The lowest BCUT2D eigenvalue weighted by Crippen LogP contribution is -2.51. The molecule has 3 aromatic heterocycles. The molecule has 3 aromatic rings. The van der Waals surface area contributed by atoms with Gasteiger partial charge in [-0.3, -0.25) is 14.6 Å². The van der Waals surface area contributed by atoms with Gasteiger partial charge in [0.1, 0.15) is 11.5 Å². The average molecular weight is 434 g/mol. The zero-order valence-corrected chi connectivity index (χ0v) is 18.4. The number of aromatic nitrogens is 4. The van der Waals surface area contributed by atoms with E-state index in [1.165, 1.54) is 23.9 Å². The Bertz CT molecular complexity index is 1220. The number of furan rings is 1. The number of aryl methyl sites for hydroxylation is 1. The smallest absolute Gasteiger partial charge is 0.255 e. The maximum atomic E-state index is 13.7. The highest BCUT2D eigenvalue weighted by atomic mass is 16.3. The van der Waals surface area contributed by atoms with Gasteiger partial charge in [0.2, 0.25) is 11.9 Å². The molecule has 4 bridgehead atoms. The van der Waals surface area contributed by atoms with Crippen LogP contribution in [0.5, 0.6) is 0 Å². The molecule has 3 heterocycles. The number of anilines is 1. The van der Waals surface area contributed by atoms with Gasteiger partial charge in [-0.25, -0.2) is 4.98 Å². The molecular weight excluding hydrogens is 406 g/mol. The third-order valence-corrected chi connectivity index (χ3v) is 7.83. The molecule has 0 spiro atoms. The minimum atomic E-state index is -0.293. The van der Waals surface area contributed by atoms with Crippen LogP contribution in [0.3, 0.4) is 0 Å². The Balaban J connectivity index is 1.39. The normalized spacial score (nSPS) is 28.2. The Morgan fingerprint density at radius 1 is 1.19 bits per heavy atom. The highest BCUT2D eigenvalue weighted by Gasteiger charge is 2.54. The lowest BCUT2D eigenvalue weighted by molar-refractivity contribution is -0.140.